The molecule has 2 aromatic heterocycles. The number of benzene rings is 1. The van der Waals surface area contributed by atoms with E-state index in [0.29, 0.717) is 17.2 Å². The maximum absolute atomic E-state index is 13.3. The number of nitrogens with one attached hydrogen (secondary N) is 1. The first kappa shape index (κ1) is 20.1. The van der Waals surface area contributed by atoms with Crippen molar-refractivity contribution in [1.29, 1.82) is 0 Å². The van der Waals surface area contributed by atoms with Gasteiger partial charge in [0.2, 0.25) is 0 Å². The number of aliphatic hydroxyl groups excluding tert-OH is 2. The van der Waals surface area contributed by atoms with E-state index in [1.807, 2.05) is 6.20 Å². The zero-order valence-corrected chi connectivity index (χ0v) is 17.2. The molecule has 7 nitrogen and oxygen atoms in total. The summed E-state index contributed by atoms with van der Waals surface area (Å²) in [5, 5.41) is 24.9. The molecule has 0 amide bonds. The first-order valence-electron chi connectivity index (χ1n) is 10.6. The molecule has 3 aromatic rings. The predicted octanol–water partition coefficient (Wildman–Crippen LogP) is 3.91. The van der Waals surface area contributed by atoms with Gasteiger partial charge in [0.15, 0.2) is 6.23 Å². The topological polar surface area (TPSA) is 92.4 Å². The van der Waals surface area contributed by atoms with Gasteiger partial charge in [0.25, 0.3) is 0 Å². The van der Waals surface area contributed by atoms with Crippen molar-refractivity contribution in [3.8, 4) is 0 Å². The van der Waals surface area contributed by atoms with Crippen LogP contribution >= 0.6 is 0 Å². The van der Waals surface area contributed by atoms with Crippen molar-refractivity contribution in [1.82, 2.24) is 14.5 Å². The molecule has 0 radical (unpaired) electrons. The van der Waals surface area contributed by atoms with Crippen molar-refractivity contribution in [3.05, 3.63) is 54.2 Å². The van der Waals surface area contributed by atoms with Gasteiger partial charge in [0, 0.05) is 17.4 Å². The molecular weight excluding hydrogens is 399 g/mol. The Morgan fingerprint density at radius 3 is 2.61 bits per heavy atom. The summed E-state index contributed by atoms with van der Waals surface area (Å²) in [7, 11) is 0. The number of anilines is 2. The summed E-state index contributed by atoms with van der Waals surface area (Å²) in [5.41, 5.74) is 3.49. The Labute approximate surface area is 179 Å². The van der Waals surface area contributed by atoms with E-state index in [1.165, 1.54) is 24.0 Å². The van der Waals surface area contributed by atoms with Crippen molar-refractivity contribution >= 4 is 28.1 Å². The van der Waals surface area contributed by atoms with Gasteiger partial charge in [-0.15, -0.1) is 0 Å². The molecule has 1 aliphatic heterocycles. The molecule has 0 unspecified atom stereocenters. The summed E-state index contributed by atoms with van der Waals surface area (Å²) in [6.45, 7) is 1.74. The molecular formula is C23H25FN4O3. The van der Waals surface area contributed by atoms with Crippen LogP contribution in [0, 0.1) is 5.82 Å². The molecule has 1 fully saturated rings. The number of allylic oxidation sites excluding steroid dienone is 2. The standard InChI is InChI=1S/C23H25FN4O3/c1-13-19(29)20(30)23(31-13)28-11-17(14-5-3-2-4-6-14)18-21(25-12-26-22(18)28)27-16-9-7-15(24)8-10-16/h5,7-13,19-20,23,29-30H,2-4,6H2,1H3,(H,25,26,27)/t13-,19-,20-,23-/m1/s1. The number of rotatable bonds is 4. The van der Waals surface area contributed by atoms with Crippen LogP contribution in [0.5, 0.6) is 0 Å². The van der Waals surface area contributed by atoms with E-state index in [9.17, 15) is 14.6 Å². The molecule has 31 heavy (non-hydrogen) atoms. The summed E-state index contributed by atoms with van der Waals surface area (Å²) in [5.74, 6) is 0.288. The molecule has 1 saturated heterocycles. The van der Waals surface area contributed by atoms with Crippen LogP contribution < -0.4 is 5.32 Å². The fraction of sp³-hybridized carbons (Fsp3) is 0.391. The number of aliphatic hydroxyl groups is 2. The third kappa shape index (κ3) is 3.60. The maximum Gasteiger partial charge on any atom is 0.164 e. The van der Waals surface area contributed by atoms with E-state index in [4.69, 9.17) is 4.74 Å². The fourth-order valence-electron chi connectivity index (χ4n) is 4.43. The van der Waals surface area contributed by atoms with Gasteiger partial charge in [-0.3, -0.25) is 0 Å². The smallest absolute Gasteiger partial charge is 0.164 e. The van der Waals surface area contributed by atoms with Crippen molar-refractivity contribution in [2.45, 2.75) is 57.1 Å². The second-order valence-electron chi connectivity index (χ2n) is 8.19. The number of hydrogen-bond acceptors (Lipinski definition) is 6. The monoisotopic (exact) mass is 424 g/mol. The van der Waals surface area contributed by atoms with Crippen LogP contribution in [-0.4, -0.2) is 43.1 Å². The molecule has 8 heteroatoms. The molecule has 0 saturated carbocycles. The molecule has 0 spiro atoms. The second kappa shape index (κ2) is 8.03. The third-order valence-electron chi connectivity index (χ3n) is 6.10. The van der Waals surface area contributed by atoms with Crippen LogP contribution in [0.3, 0.4) is 0 Å². The SMILES string of the molecule is C[C@H]1O[C@@H](n2cc(C3=CCCCC3)c3c(Nc4ccc(F)cc4)ncnc32)[C@H](O)[C@@H]1O. The number of nitrogens with zero attached hydrogens (tertiary/aromatic N) is 3. The molecule has 3 heterocycles. The highest BCUT2D eigenvalue weighted by Gasteiger charge is 2.42. The average Bonchev–Trinajstić information content (AvgIpc) is 3.30. The highest BCUT2D eigenvalue weighted by atomic mass is 19.1. The second-order valence-corrected chi connectivity index (χ2v) is 8.19. The Bertz CT molecular complexity index is 1130. The summed E-state index contributed by atoms with van der Waals surface area (Å²) >= 11 is 0. The Hall–Kier alpha value is -2.81. The lowest BCUT2D eigenvalue weighted by Crippen LogP contribution is -2.30. The third-order valence-corrected chi connectivity index (χ3v) is 6.10. The van der Waals surface area contributed by atoms with E-state index in [0.717, 1.165) is 36.6 Å². The molecule has 1 aromatic carbocycles. The van der Waals surface area contributed by atoms with Gasteiger partial charge >= 0.3 is 0 Å². The van der Waals surface area contributed by atoms with Gasteiger partial charge in [0.1, 0.15) is 35.8 Å². The minimum absolute atomic E-state index is 0.308. The Morgan fingerprint density at radius 2 is 1.94 bits per heavy atom. The Balaban J connectivity index is 1.66. The van der Waals surface area contributed by atoms with Crippen molar-refractivity contribution < 1.29 is 19.3 Å². The van der Waals surface area contributed by atoms with Crippen LogP contribution in [0.15, 0.2) is 42.9 Å². The molecule has 162 valence electrons. The first-order valence-corrected chi connectivity index (χ1v) is 10.6. The zero-order chi connectivity index (χ0) is 21.5. The highest BCUT2D eigenvalue weighted by molar-refractivity contribution is 5.99. The molecule has 1 aliphatic carbocycles. The van der Waals surface area contributed by atoms with Crippen LogP contribution in [0.4, 0.5) is 15.9 Å². The fourth-order valence-corrected chi connectivity index (χ4v) is 4.43. The average molecular weight is 424 g/mol. The van der Waals surface area contributed by atoms with Gasteiger partial charge in [-0.05, 0) is 62.4 Å². The molecule has 2 aliphatic rings. The summed E-state index contributed by atoms with van der Waals surface area (Å²) in [6, 6.07) is 6.09. The zero-order valence-electron chi connectivity index (χ0n) is 17.2. The normalized spacial score (nSPS) is 26.3. The van der Waals surface area contributed by atoms with Crippen molar-refractivity contribution in [3.63, 3.8) is 0 Å². The number of aromatic nitrogens is 3. The lowest BCUT2D eigenvalue weighted by Gasteiger charge is -2.17. The van der Waals surface area contributed by atoms with Crippen LogP contribution in [0.2, 0.25) is 0 Å². The summed E-state index contributed by atoms with van der Waals surface area (Å²) in [4.78, 5) is 8.95. The van der Waals surface area contributed by atoms with E-state index in [2.05, 4.69) is 21.4 Å². The number of hydrogen-bond donors (Lipinski definition) is 3. The molecule has 0 bridgehead atoms. The lowest BCUT2D eigenvalue weighted by atomic mass is 9.94. The van der Waals surface area contributed by atoms with E-state index < -0.39 is 24.5 Å². The summed E-state index contributed by atoms with van der Waals surface area (Å²) < 4.78 is 21.0. The van der Waals surface area contributed by atoms with E-state index in [-0.39, 0.29) is 5.82 Å². The Morgan fingerprint density at radius 1 is 1.13 bits per heavy atom. The molecule has 5 rings (SSSR count). The van der Waals surface area contributed by atoms with E-state index >= 15 is 0 Å². The molecule has 3 N–H and O–H groups in total. The summed E-state index contributed by atoms with van der Waals surface area (Å²) in [6.07, 6.45) is 6.55. The van der Waals surface area contributed by atoms with Gasteiger partial charge in [-0.25, -0.2) is 14.4 Å². The minimum Gasteiger partial charge on any atom is -0.388 e. The maximum atomic E-state index is 13.3. The quantitative estimate of drug-likeness (QED) is 0.588. The van der Waals surface area contributed by atoms with Gasteiger partial charge < -0.3 is 24.8 Å². The number of fused-ring (bicyclic) bond motifs is 1. The minimum atomic E-state index is -1.07. The van der Waals surface area contributed by atoms with Crippen molar-refractivity contribution in [2.24, 2.45) is 0 Å². The van der Waals surface area contributed by atoms with E-state index in [1.54, 1.807) is 23.6 Å². The first-order chi connectivity index (χ1) is 15.0. The van der Waals surface area contributed by atoms with Crippen molar-refractivity contribution in [2.75, 3.05) is 5.32 Å². The predicted molar refractivity (Wildman–Crippen MR) is 115 cm³/mol. The van der Waals surface area contributed by atoms with Gasteiger partial charge in [-0.1, -0.05) is 6.08 Å². The lowest BCUT2D eigenvalue weighted by molar-refractivity contribution is -0.0296. The van der Waals surface area contributed by atoms with Gasteiger partial charge in [-0.2, -0.15) is 0 Å². The Kier molecular flexibility index (Phi) is 5.21. The number of halogens is 1. The van der Waals surface area contributed by atoms with Crippen LogP contribution in [-0.2, 0) is 4.74 Å². The van der Waals surface area contributed by atoms with Crippen LogP contribution in [0.25, 0.3) is 16.6 Å². The largest absolute Gasteiger partial charge is 0.388 e. The highest BCUT2D eigenvalue weighted by Crippen LogP contribution is 2.40. The van der Waals surface area contributed by atoms with Gasteiger partial charge in [0.05, 0.1) is 11.5 Å². The van der Waals surface area contributed by atoms with Crippen LogP contribution in [0.1, 0.15) is 44.4 Å². The number of ether oxygens (including phenoxy) is 1. The molecule has 4 atom stereocenters.